The molecule has 4 aromatic rings. The van der Waals surface area contributed by atoms with Crippen molar-refractivity contribution in [3.8, 4) is 22.6 Å². The molecule has 2 heterocycles. The van der Waals surface area contributed by atoms with Gasteiger partial charge in [-0.25, -0.2) is 0 Å². The van der Waals surface area contributed by atoms with Crippen LogP contribution in [0.2, 0.25) is 0 Å². The molecule has 0 amide bonds. The molecule has 0 saturated heterocycles. The molecule has 2 aliphatic heterocycles. The van der Waals surface area contributed by atoms with Gasteiger partial charge in [-0.3, -0.25) is 0 Å². The van der Waals surface area contributed by atoms with Crippen molar-refractivity contribution < 1.29 is 9.47 Å². The monoisotopic (exact) mass is 444 g/mol. The van der Waals surface area contributed by atoms with Gasteiger partial charge in [-0.05, 0) is 67.3 Å². The highest BCUT2D eigenvalue weighted by atomic mass is 28.3. The highest BCUT2D eigenvalue weighted by molar-refractivity contribution is 7.28. The number of benzene rings is 4. The fourth-order valence-corrected chi connectivity index (χ4v) is 11.1. The van der Waals surface area contributed by atoms with E-state index in [1.807, 2.05) is 0 Å². The SMILES string of the molecule is COc1ccc(C2=CC=C(c3ccc(OC)cc3)[Si]23c2ccccc2-c2ccccc23)cc1. The topological polar surface area (TPSA) is 18.5 Å². The van der Waals surface area contributed by atoms with Crippen LogP contribution in [0.5, 0.6) is 11.5 Å². The molecule has 2 aliphatic rings. The lowest BCUT2D eigenvalue weighted by atomic mass is 10.1. The third-order valence-electron chi connectivity index (χ3n) is 6.98. The van der Waals surface area contributed by atoms with Gasteiger partial charge in [0.1, 0.15) is 11.5 Å². The average Bonchev–Trinajstić information content (AvgIpc) is 3.42. The molecule has 0 aliphatic carbocycles. The minimum absolute atomic E-state index is 0.878. The van der Waals surface area contributed by atoms with E-state index in [1.54, 1.807) is 14.2 Å². The first-order valence-corrected chi connectivity index (χ1v) is 13.2. The molecule has 6 rings (SSSR count). The zero-order chi connectivity index (χ0) is 22.4. The number of ether oxygens (including phenoxy) is 2. The minimum Gasteiger partial charge on any atom is -0.497 e. The quantitative estimate of drug-likeness (QED) is 0.387. The summed E-state index contributed by atoms with van der Waals surface area (Å²) in [6, 6.07) is 35.0. The van der Waals surface area contributed by atoms with Crippen LogP contribution in [0.25, 0.3) is 21.5 Å². The van der Waals surface area contributed by atoms with E-state index < -0.39 is 8.07 Å². The molecule has 0 atom stereocenters. The van der Waals surface area contributed by atoms with Gasteiger partial charge in [0.2, 0.25) is 0 Å². The first-order chi connectivity index (χ1) is 16.3. The van der Waals surface area contributed by atoms with Crippen LogP contribution < -0.4 is 19.8 Å². The van der Waals surface area contributed by atoms with E-state index in [1.165, 1.54) is 43.0 Å². The molecule has 4 aromatic carbocycles. The van der Waals surface area contributed by atoms with E-state index in [4.69, 9.17) is 9.47 Å². The van der Waals surface area contributed by atoms with Crippen LogP contribution in [0.1, 0.15) is 11.1 Å². The molecular formula is C30H24O2Si. The smallest absolute Gasteiger partial charge is 0.182 e. The van der Waals surface area contributed by atoms with E-state index in [0.717, 1.165) is 11.5 Å². The Morgan fingerprint density at radius 2 is 0.879 bits per heavy atom. The molecule has 0 fully saturated rings. The number of rotatable bonds is 4. The van der Waals surface area contributed by atoms with Crippen molar-refractivity contribution >= 4 is 28.8 Å². The van der Waals surface area contributed by atoms with Gasteiger partial charge in [0.25, 0.3) is 0 Å². The summed E-state index contributed by atoms with van der Waals surface area (Å²) >= 11 is 0. The summed E-state index contributed by atoms with van der Waals surface area (Å²) in [4.78, 5) is 0. The number of allylic oxidation sites excluding steroid dienone is 2. The molecule has 0 N–H and O–H groups in total. The molecule has 1 spiro atoms. The Bertz CT molecular complexity index is 1300. The first-order valence-electron chi connectivity index (χ1n) is 11.2. The maximum Gasteiger partial charge on any atom is 0.182 e. The summed E-state index contributed by atoms with van der Waals surface area (Å²) in [7, 11) is 0.965. The predicted molar refractivity (Wildman–Crippen MR) is 139 cm³/mol. The maximum atomic E-state index is 5.44. The molecule has 3 heteroatoms. The standard InChI is InChI=1S/C30H24O2Si/c1-31-23-15-11-21(12-16-23)27-19-20-28(22-13-17-24(32-2)18-14-22)33(27)29-9-5-3-7-25(29)26-8-4-6-10-30(26)33/h3-20H,1-2H3. The van der Waals surface area contributed by atoms with Gasteiger partial charge >= 0.3 is 0 Å². The van der Waals surface area contributed by atoms with Crippen molar-refractivity contribution in [2.45, 2.75) is 0 Å². The summed E-state index contributed by atoms with van der Waals surface area (Å²) < 4.78 is 10.9. The molecule has 0 bridgehead atoms. The fraction of sp³-hybridized carbons (Fsp3) is 0.0667. The van der Waals surface area contributed by atoms with Gasteiger partial charge in [0.05, 0.1) is 14.2 Å². The Kier molecular flexibility index (Phi) is 4.59. The van der Waals surface area contributed by atoms with Gasteiger partial charge in [-0.2, -0.15) is 0 Å². The summed E-state index contributed by atoms with van der Waals surface area (Å²) in [5.41, 5.74) is 5.24. The van der Waals surface area contributed by atoms with Gasteiger partial charge in [0, 0.05) is 0 Å². The lowest BCUT2D eigenvalue weighted by Gasteiger charge is -2.32. The Morgan fingerprint density at radius 1 is 0.485 bits per heavy atom. The van der Waals surface area contributed by atoms with Crippen molar-refractivity contribution in [1.82, 2.24) is 0 Å². The van der Waals surface area contributed by atoms with Gasteiger partial charge in [-0.15, -0.1) is 0 Å². The van der Waals surface area contributed by atoms with E-state index in [0.29, 0.717) is 0 Å². The second-order valence-electron chi connectivity index (χ2n) is 8.46. The molecule has 0 aromatic heterocycles. The van der Waals surface area contributed by atoms with Crippen molar-refractivity contribution in [2.75, 3.05) is 14.2 Å². The molecule has 160 valence electrons. The molecule has 0 radical (unpaired) electrons. The van der Waals surface area contributed by atoms with Crippen LogP contribution in [-0.2, 0) is 0 Å². The zero-order valence-corrected chi connectivity index (χ0v) is 19.7. The second-order valence-corrected chi connectivity index (χ2v) is 12.1. The van der Waals surface area contributed by atoms with Crippen molar-refractivity contribution in [3.05, 3.63) is 120 Å². The minimum atomic E-state index is -2.47. The highest BCUT2D eigenvalue weighted by Gasteiger charge is 2.53. The third kappa shape index (κ3) is 2.79. The highest BCUT2D eigenvalue weighted by Crippen LogP contribution is 2.46. The van der Waals surface area contributed by atoms with Crippen LogP contribution >= 0.6 is 0 Å². The van der Waals surface area contributed by atoms with Crippen LogP contribution in [0, 0.1) is 0 Å². The molecular weight excluding hydrogens is 420 g/mol. The average molecular weight is 445 g/mol. The molecule has 0 saturated carbocycles. The van der Waals surface area contributed by atoms with Crippen molar-refractivity contribution in [2.24, 2.45) is 0 Å². The number of fused-ring (bicyclic) bond motifs is 5. The lowest BCUT2D eigenvalue weighted by Crippen LogP contribution is -2.56. The van der Waals surface area contributed by atoms with Crippen LogP contribution in [0.3, 0.4) is 0 Å². The predicted octanol–water partition coefficient (Wildman–Crippen LogP) is 5.51. The van der Waals surface area contributed by atoms with Crippen LogP contribution in [-0.4, -0.2) is 22.3 Å². The molecule has 0 unspecified atom stereocenters. The fourth-order valence-electron chi connectivity index (χ4n) is 5.54. The van der Waals surface area contributed by atoms with Gasteiger partial charge in [0.15, 0.2) is 8.07 Å². The Labute approximate surface area is 195 Å². The van der Waals surface area contributed by atoms with Crippen molar-refractivity contribution in [3.63, 3.8) is 0 Å². The summed E-state index contributed by atoms with van der Waals surface area (Å²) in [6.07, 6.45) is 4.71. The van der Waals surface area contributed by atoms with Gasteiger partial charge in [-0.1, -0.05) is 84.9 Å². The zero-order valence-electron chi connectivity index (χ0n) is 18.7. The summed E-state index contributed by atoms with van der Waals surface area (Å²) in [5.74, 6) is 1.76. The van der Waals surface area contributed by atoms with Gasteiger partial charge < -0.3 is 9.47 Å². The summed E-state index contributed by atoms with van der Waals surface area (Å²) in [5, 5.41) is 5.78. The van der Waals surface area contributed by atoms with E-state index in [9.17, 15) is 0 Å². The van der Waals surface area contributed by atoms with E-state index >= 15 is 0 Å². The number of hydrogen-bond acceptors (Lipinski definition) is 2. The second kappa shape index (κ2) is 7.64. The molecule has 33 heavy (non-hydrogen) atoms. The first kappa shape index (κ1) is 19.8. The molecule has 2 nitrogen and oxygen atoms in total. The Morgan fingerprint density at radius 3 is 1.27 bits per heavy atom. The van der Waals surface area contributed by atoms with E-state index in [-0.39, 0.29) is 0 Å². The largest absolute Gasteiger partial charge is 0.497 e. The summed E-state index contributed by atoms with van der Waals surface area (Å²) in [6.45, 7) is 0. The third-order valence-corrected chi connectivity index (χ3v) is 12.0. The van der Waals surface area contributed by atoms with Crippen LogP contribution in [0.15, 0.2) is 109 Å². The Hall–Kier alpha value is -3.82. The number of hydrogen-bond donors (Lipinski definition) is 0. The van der Waals surface area contributed by atoms with E-state index in [2.05, 4.69) is 109 Å². The normalized spacial score (nSPS) is 15.0. The lowest BCUT2D eigenvalue weighted by molar-refractivity contribution is 0.414. The number of methoxy groups -OCH3 is 2. The Balaban J connectivity index is 1.64. The maximum absolute atomic E-state index is 5.44. The van der Waals surface area contributed by atoms with Crippen LogP contribution in [0.4, 0.5) is 0 Å². The van der Waals surface area contributed by atoms with Crippen molar-refractivity contribution in [1.29, 1.82) is 0 Å².